The highest BCUT2D eigenvalue weighted by Gasteiger charge is 2.37. The molecule has 0 bridgehead atoms. The molecule has 0 radical (unpaired) electrons. The van der Waals surface area contributed by atoms with Crippen molar-refractivity contribution in [1.82, 2.24) is 4.90 Å². The highest BCUT2D eigenvalue weighted by molar-refractivity contribution is 4.93. The number of rotatable bonds is 11. The SMILES string of the molecule is CCCCCCC(C)(CN)N(CC1CC1)CC1CC1. The summed E-state index contributed by atoms with van der Waals surface area (Å²) in [5.74, 6) is 1.97. The molecule has 2 fully saturated rings. The molecule has 19 heavy (non-hydrogen) atoms. The molecule has 1 atom stereocenters. The summed E-state index contributed by atoms with van der Waals surface area (Å²) in [6, 6.07) is 0. The highest BCUT2D eigenvalue weighted by atomic mass is 15.2. The van der Waals surface area contributed by atoms with Crippen molar-refractivity contribution in [2.45, 2.75) is 77.2 Å². The van der Waals surface area contributed by atoms with Gasteiger partial charge in [-0.05, 0) is 50.9 Å². The van der Waals surface area contributed by atoms with Crippen LogP contribution in [-0.2, 0) is 0 Å². The average Bonchev–Trinajstić information content (AvgIpc) is 3.28. The first-order valence-corrected chi connectivity index (χ1v) is 8.63. The van der Waals surface area contributed by atoms with Crippen LogP contribution in [0.5, 0.6) is 0 Å². The lowest BCUT2D eigenvalue weighted by atomic mass is 9.91. The van der Waals surface area contributed by atoms with E-state index in [1.165, 1.54) is 70.9 Å². The van der Waals surface area contributed by atoms with Gasteiger partial charge in [0.1, 0.15) is 0 Å². The van der Waals surface area contributed by atoms with E-state index in [1.807, 2.05) is 0 Å². The Morgan fingerprint density at radius 2 is 1.58 bits per heavy atom. The van der Waals surface area contributed by atoms with Crippen LogP contribution in [0.25, 0.3) is 0 Å². The van der Waals surface area contributed by atoms with Crippen LogP contribution in [0.15, 0.2) is 0 Å². The van der Waals surface area contributed by atoms with Gasteiger partial charge in [-0.2, -0.15) is 0 Å². The molecule has 0 heterocycles. The fraction of sp³-hybridized carbons (Fsp3) is 1.00. The number of nitrogens with two attached hydrogens (primary N) is 1. The van der Waals surface area contributed by atoms with Crippen LogP contribution >= 0.6 is 0 Å². The van der Waals surface area contributed by atoms with Crippen LogP contribution in [-0.4, -0.2) is 30.1 Å². The Labute approximate surface area is 120 Å². The van der Waals surface area contributed by atoms with Gasteiger partial charge < -0.3 is 5.73 Å². The second-order valence-electron chi connectivity index (χ2n) is 7.30. The third kappa shape index (κ3) is 5.07. The van der Waals surface area contributed by atoms with E-state index >= 15 is 0 Å². The summed E-state index contributed by atoms with van der Waals surface area (Å²) in [6.45, 7) is 8.17. The Morgan fingerprint density at radius 1 is 1.00 bits per heavy atom. The summed E-state index contributed by atoms with van der Waals surface area (Å²) < 4.78 is 0. The summed E-state index contributed by atoms with van der Waals surface area (Å²) in [7, 11) is 0. The van der Waals surface area contributed by atoms with Gasteiger partial charge in [0.2, 0.25) is 0 Å². The molecule has 0 aromatic rings. The Balaban J connectivity index is 1.84. The molecule has 2 saturated carbocycles. The van der Waals surface area contributed by atoms with Gasteiger partial charge in [0, 0.05) is 25.2 Å². The van der Waals surface area contributed by atoms with Gasteiger partial charge in [-0.3, -0.25) is 4.90 Å². The summed E-state index contributed by atoms with van der Waals surface area (Å²) in [5, 5.41) is 0. The van der Waals surface area contributed by atoms with Gasteiger partial charge >= 0.3 is 0 Å². The lowest BCUT2D eigenvalue weighted by Gasteiger charge is -2.41. The second kappa shape index (κ2) is 7.08. The van der Waals surface area contributed by atoms with Gasteiger partial charge in [0.05, 0.1) is 0 Å². The standard InChI is InChI=1S/C17H34N2/c1-3-4-5-6-11-17(2,14-18)19(12-15-7-8-15)13-16-9-10-16/h15-16H,3-14,18H2,1-2H3. The third-order valence-electron chi connectivity index (χ3n) is 5.12. The molecule has 2 N–H and O–H groups in total. The Kier molecular flexibility index (Phi) is 5.70. The molecule has 2 heteroatoms. The van der Waals surface area contributed by atoms with E-state index < -0.39 is 0 Å². The number of nitrogens with zero attached hydrogens (tertiary/aromatic N) is 1. The second-order valence-corrected chi connectivity index (χ2v) is 7.30. The first-order chi connectivity index (χ1) is 9.18. The zero-order valence-corrected chi connectivity index (χ0v) is 13.2. The van der Waals surface area contributed by atoms with Crippen molar-refractivity contribution < 1.29 is 0 Å². The molecule has 0 saturated heterocycles. The van der Waals surface area contributed by atoms with Crippen molar-refractivity contribution in [1.29, 1.82) is 0 Å². The largest absolute Gasteiger partial charge is 0.329 e. The van der Waals surface area contributed by atoms with E-state index in [0.717, 1.165) is 18.4 Å². The summed E-state index contributed by atoms with van der Waals surface area (Å²) in [6.07, 6.45) is 12.6. The van der Waals surface area contributed by atoms with Crippen molar-refractivity contribution in [3.8, 4) is 0 Å². The molecule has 2 aliphatic carbocycles. The maximum atomic E-state index is 6.17. The first-order valence-electron chi connectivity index (χ1n) is 8.63. The monoisotopic (exact) mass is 266 g/mol. The minimum atomic E-state index is 0.263. The van der Waals surface area contributed by atoms with E-state index in [2.05, 4.69) is 18.7 Å². The van der Waals surface area contributed by atoms with Crippen molar-refractivity contribution in [3.05, 3.63) is 0 Å². The smallest absolute Gasteiger partial charge is 0.0303 e. The van der Waals surface area contributed by atoms with Gasteiger partial charge in [0.25, 0.3) is 0 Å². The minimum Gasteiger partial charge on any atom is -0.329 e. The zero-order valence-electron chi connectivity index (χ0n) is 13.2. The highest BCUT2D eigenvalue weighted by Crippen LogP contribution is 2.37. The zero-order chi connectivity index (χ0) is 13.7. The van der Waals surface area contributed by atoms with Crippen LogP contribution < -0.4 is 5.73 Å². The Hall–Kier alpha value is -0.0800. The van der Waals surface area contributed by atoms with Gasteiger partial charge in [-0.1, -0.05) is 32.6 Å². The van der Waals surface area contributed by atoms with Crippen molar-refractivity contribution >= 4 is 0 Å². The van der Waals surface area contributed by atoms with Gasteiger partial charge in [-0.25, -0.2) is 0 Å². The molecule has 112 valence electrons. The molecular formula is C17H34N2. The fourth-order valence-corrected chi connectivity index (χ4v) is 3.06. The molecule has 2 aliphatic rings. The minimum absolute atomic E-state index is 0.263. The first kappa shape index (κ1) is 15.3. The van der Waals surface area contributed by atoms with E-state index in [4.69, 9.17) is 5.73 Å². The molecular weight excluding hydrogens is 232 g/mol. The van der Waals surface area contributed by atoms with Gasteiger partial charge in [-0.15, -0.1) is 0 Å². The van der Waals surface area contributed by atoms with E-state index in [0.29, 0.717) is 0 Å². The van der Waals surface area contributed by atoms with Crippen molar-refractivity contribution in [2.75, 3.05) is 19.6 Å². The molecule has 0 aromatic heterocycles. The summed E-state index contributed by atoms with van der Waals surface area (Å²) >= 11 is 0. The van der Waals surface area contributed by atoms with Crippen molar-refractivity contribution in [2.24, 2.45) is 17.6 Å². The molecule has 0 amide bonds. The molecule has 2 nitrogen and oxygen atoms in total. The number of hydrogen-bond acceptors (Lipinski definition) is 2. The number of unbranched alkanes of at least 4 members (excludes halogenated alkanes) is 3. The summed E-state index contributed by atoms with van der Waals surface area (Å²) in [4.78, 5) is 2.77. The average molecular weight is 266 g/mol. The van der Waals surface area contributed by atoms with E-state index in [1.54, 1.807) is 0 Å². The molecule has 0 aliphatic heterocycles. The van der Waals surface area contributed by atoms with Crippen molar-refractivity contribution in [3.63, 3.8) is 0 Å². The molecule has 1 unspecified atom stereocenters. The Bertz CT molecular complexity index is 244. The normalized spacial score (nSPS) is 22.7. The predicted molar refractivity (Wildman–Crippen MR) is 83.2 cm³/mol. The van der Waals surface area contributed by atoms with Crippen LogP contribution in [0.1, 0.15) is 71.6 Å². The predicted octanol–water partition coefficient (Wildman–Crippen LogP) is 3.80. The van der Waals surface area contributed by atoms with Crippen LogP contribution in [0.4, 0.5) is 0 Å². The molecule has 0 aromatic carbocycles. The maximum absolute atomic E-state index is 6.17. The fourth-order valence-electron chi connectivity index (χ4n) is 3.06. The van der Waals surface area contributed by atoms with Crippen LogP contribution in [0.2, 0.25) is 0 Å². The lowest BCUT2D eigenvalue weighted by molar-refractivity contribution is 0.0871. The topological polar surface area (TPSA) is 29.3 Å². The maximum Gasteiger partial charge on any atom is 0.0303 e. The van der Waals surface area contributed by atoms with Crippen LogP contribution in [0, 0.1) is 11.8 Å². The van der Waals surface area contributed by atoms with Gasteiger partial charge in [0.15, 0.2) is 0 Å². The number of hydrogen-bond donors (Lipinski definition) is 1. The Morgan fingerprint density at radius 3 is 2.00 bits per heavy atom. The molecule has 2 rings (SSSR count). The third-order valence-corrected chi connectivity index (χ3v) is 5.12. The summed E-state index contributed by atoms with van der Waals surface area (Å²) in [5.41, 5.74) is 6.44. The lowest BCUT2D eigenvalue weighted by Crippen LogP contribution is -2.53. The molecule has 0 spiro atoms. The quantitative estimate of drug-likeness (QED) is 0.576. The van der Waals surface area contributed by atoms with Crippen LogP contribution in [0.3, 0.4) is 0 Å². The van der Waals surface area contributed by atoms with E-state index in [-0.39, 0.29) is 5.54 Å². The van der Waals surface area contributed by atoms with E-state index in [9.17, 15) is 0 Å².